The van der Waals surface area contributed by atoms with Gasteiger partial charge in [-0.05, 0) is 49.9 Å². The van der Waals surface area contributed by atoms with E-state index in [2.05, 4.69) is 5.32 Å². The van der Waals surface area contributed by atoms with Crippen LogP contribution in [0.2, 0.25) is 0 Å². The Morgan fingerprint density at radius 3 is 2.41 bits per heavy atom. The summed E-state index contributed by atoms with van der Waals surface area (Å²) in [5.74, 6) is -1.63. The normalized spacial score (nSPS) is 17.9. The van der Waals surface area contributed by atoms with Crippen LogP contribution in [0.3, 0.4) is 0 Å². The predicted molar refractivity (Wildman–Crippen MR) is 126 cm³/mol. The van der Waals surface area contributed by atoms with Crippen LogP contribution in [-0.2, 0) is 26.2 Å². The van der Waals surface area contributed by atoms with E-state index in [0.29, 0.717) is 4.31 Å². The molecule has 1 atom stereocenters. The lowest BCUT2D eigenvalue weighted by molar-refractivity contribution is -0.140. The van der Waals surface area contributed by atoms with Crippen LogP contribution in [0.15, 0.2) is 53.4 Å². The van der Waals surface area contributed by atoms with Gasteiger partial charge in [0.25, 0.3) is 15.9 Å². The minimum atomic E-state index is -4.13. The van der Waals surface area contributed by atoms with E-state index >= 15 is 0 Å². The van der Waals surface area contributed by atoms with Gasteiger partial charge in [-0.1, -0.05) is 49.2 Å². The SMILES string of the molecule is Cc1ccccc1CN(C(=O)CN1C(=O)c2ccccc2S1(=O)=O)[C@@H](C)C(=O)NC1CCCC1. The Kier molecular flexibility index (Phi) is 6.74. The molecule has 1 fully saturated rings. The highest BCUT2D eigenvalue weighted by atomic mass is 32.2. The van der Waals surface area contributed by atoms with E-state index in [9.17, 15) is 22.8 Å². The van der Waals surface area contributed by atoms with Crippen LogP contribution in [-0.4, -0.2) is 54.0 Å². The largest absolute Gasteiger partial charge is 0.352 e. The molecule has 1 aliphatic heterocycles. The molecule has 2 aliphatic rings. The molecule has 9 heteroatoms. The predicted octanol–water partition coefficient (Wildman–Crippen LogP) is 2.62. The van der Waals surface area contributed by atoms with Crippen molar-refractivity contribution in [2.24, 2.45) is 0 Å². The summed E-state index contributed by atoms with van der Waals surface area (Å²) in [7, 11) is -4.13. The number of nitrogens with one attached hydrogen (secondary N) is 1. The Hall–Kier alpha value is -3.20. The highest BCUT2D eigenvalue weighted by Gasteiger charge is 2.43. The summed E-state index contributed by atoms with van der Waals surface area (Å²) < 4.78 is 26.5. The number of amides is 3. The quantitative estimate of drug-likeness (QED) is 0.652. The van der Waals surface area contributed by atoms with Gasteiger partial charge in [0.05, 0.1) is 5.56 Å². The fourth-order valence-corrected chi connectivity index (χ4v) is 6.06. The van der Waals surface area contributed by atoms with E-state index in [4.69, 9.17) is 0 Å². The molecule has 34 heavy (non-hydrogen) atoms. The van der Waals surface area contributed by atoms with Crippen LogP contribution in [0, 0.1) is 6.92 Å². The number of fused-ring (bicyclic) bond motifs is 1. The van der Waals surface area contributed by atoms with E-state index in [1.165, 1.54) is 23.1 Å². The number of rotatable bonds is 7. The van der Waals surface area contributed by atoms with Crippen molar-refractivity contribution in [1.82, 2.24) is 14.5 Å². The van der Waals surface area contributed by atoms with Gasteiger partial charge in [-0.15, -0.1) is 0 Å². The molecule has 0 aromatic heterocycles. The number of sulfonamides is 1. The maximum absolute atomic E-state index is 13.5. The summed E-state index contributed by atoms with van der Waals surface area (Å²) >= 11 is 0. The van der Waals surface area contributed by atoms with Gasteiger partial charge < -0.3 is 10.2 Å². The zero-order chi connectivity index (χ0) is 24.5. The van der Waals surface area contributed by atoms with Crippen molar-refractivity contribution in [2.45, 2.75) is 63.1 Å². The second-order valence-electron chi connectivity index (χ2n) is 8.93. The number of hydrogen-bond donors (Lipinski definition) is 1. The molecule has 180 valence electrons. The monoisotopic (exact) mass is 483 g/mol. The number of carbonyl (C=O) groups is 3. The first-order chi connectivity index (χ1) is 16.2. The van der Waals surface area contributed by atoms with E-state index in [1.54, 1.807) is 13.0 Å². The van der Waals surface area contributed by atoms with Gasteiger partial charge in [0, 0.05) is 12.6 Å². The molecule has 0 spiro atoms. The number of benzene rings is 2. The van der Waals surface area contributed by atoms with Crippen LogP contribution in [0.25, 0.3) is 0 Å². The van der Waals surface area contributed by atoms with Crippen molar-refractivity contribution in [1.29, 1.82) is 0 Å². The second kappa shape index (κ2) is 9.58. The van der Waals surface area contributed by atoms with Gasteiger partial charge in [0.2, 0.25) is 11.8 Å². The molecule has 2 aromatic carbocycles. The fraction of sp³-hybridized carbons (Fsp3) is 0.400. The first kappa shape index (κ1) is 23.9. The maximum atomic E-state index is 13.5. The molecule has 0 bridgehead atoms. The third-order valence-electron chi connectivity index (χ3n) is 6.66. The molecule has 4 rings (SSSR count). The summed E-state index contributed by atoms with van der Waals surface area (Å²) in [6.07, 6.45) is 3.92. The summed E-state index contributed by atoms with van der Waals surface area (Å²) in [5, 5.41) is 3.02. The van der Waals surface area contributed by atoms with E-state index < -0.39 is 34.4 Å². The molecular formula is C25H29N3O5S. The van der Waals surface area contributed by atoms with Gasteiger partial charge >= 0.3 is 0 Å². The Bertz CT molecular complexity index is 1220. The van der Waals surface area contributed by atoms with E-state index in [-0.39, 0.29) is 29.0 Å². The number of aryl methyl sites for hydroxylation is 1. The smallest absolute Gasteiger partial charge is 0.269 e. The van der Waals surface area contributed by atoms with Crippen molar-refractivity contribution < 1.29 is 22.8 Å². The molecule has 1 N–H and O–H groups in total. The lowest BCUT2D eigenvalue weighted by Gasteiger charge is -2.31. The fourth-order valence-electron chi connectivity index (χ4n) is 4.55. The first-order valence-corrected chi connectivity index (χ1v) is 12.9. The molecule has 2 aromatic rings. The molecular weight excluding hydrogens is 454 g/mol. The molecule has 0 saturated heterocycles. The Balaban J connectivity index is 1.59. The Morgan fingerprint density at radius 1 is 1.09 bits per heavy atom. The highest BCUT2D eigenvalue weighted by molar-refractivity contribution is 7.90. The standard InChI is InChI=1S/C25H29N3O5S/c1-17-9-3-4-10-19(17)15-27(18(2)24(30)26-20-11-5-6-12-20)23(29)16-28-25(31)21-13-7-8-14-22(21)34(28,32)33/h3-4,7-10,13-14,18,20H,5-6,11-12,15-16H2,1-2H3,(H,26,30)/t18-/m0/s1. The van der Waals surface area contributed by atoms with Gasteiger partial charge in [0.1, 0.15) is 17.5 Å². The second-order valence-corrected chi connectivity index (χ2v) is 10.8. The van der Waals surface area contributed by atoms with Crippen molar-refractivity contribution >= 4 is 27.7 Å². The molecule has 1 heterocycles. The van der Waals surface area contributed by atoms with E-state index in [0.717, 1.165) is 36.8 Å². The minimum absolute atomic E-state index is 0.0489. The average Bonchev–Trinajstić information content (AvgIpc) is 3.39. The van der Waals surface area contributed by atoms with Gasteiger partial charge in [-0.2, -0.15) is 0 Å². The van der Waals surface area contributed by atoms with Crippen LogP contribution in [0.1, 0.15) is 54.1 Å². The number of nitrogens with zero attached hydrogens (tertiary/aromatic N) is 2. The highest BCUT2D eigenvalue weighted by Crippen LogP contribution is 2.30. The number of hydrogen-bond acceptors (Lipinski definition) is 5. The third-order valence-corrected chi connectivity index (χ3v) is 8.45. The Labute approximate surface area is 200 Å². The summed E-state index contributed by atoms with van der Waals surface area (Å²) in [4.78, 5) is 40.6. The number of carbonyl (C=O) groups excluding carboxylic acids is 3. The average molecular weight is 484 g/mol. The topological polar surface area (TPSA) is 104 Å². The van der Waals surface area contributed by atoms with Crippen LogP contribution < -0.4 is 5.32 Å². The van der Waals surface area contributed by atoms with Crippen molar-refractivity contribution in [2.75, 3.05) is 6.54 Å². The molecule has 0 radical (unpaired) electrons. The van der Waals surface area contributed by atoms with Gasteiger partial charge in [-0.3, -0.25) is 14.4 Å². The molecule has 8 nitrogen and oxygen atoms in total. The van der Waals surface area contributed by atoms with Gasteiger partial charge in [-0.25, -0.2) is 12.7 Å². The zero-order valence-corrected chi connectivity index (χ0v) is 20.2. The lowest BCUT2D eigenvalue weighted by atomic mass is 10.1. The summed E-state index contributed by atoms with van der Waals surface area (Å²) in [6.45, 7) is 3.00. The first-order valence-electron chi connectivity index (χ1n) is 11.5. The van der Waals surface area contributed by atoms with Crippen molar-refractivity contribution in [3.05, 3.63) is 65.2 Å². The maximum Gasteiger partial charge on any atom is 0.269 e. The van der Waals surface area contributed by atoms with Crippen LogP contribution >= 0.6 is 0 Å². The third kappa shape index (κ3) is 4.57. The summed E-state index contributed by atoms with van der Waals surface area (Å²) in [5.41, 5.74) is 1.84. The molecule has 0 unspecified atom stereocenters. The van der Waals surface area contributed by atoms with Gasteiger partial charge in [0.15, 0.2) is 0 Å². The molecule has 1 saturated carbocycles. The minimum Gasteiger partial charge on any atom is -0.352 e. The lowest BCUT2D eigenvalue weighted by Crippen LogP contribution is -2.52. The van der Waals surface area contributed by atoms with Crippen LogP contribution in [0.5, 0.6) is 0 Å². The van der Waals surface area contributed by atoms with E-state index in [1.807, 2.05) is 31.2 Å². The molecule has 1 aliphatic carbocycles. The van der Waals surface area contributed by atoms with Crippen molar-refractivity contribution in [3.8, 4) is 0 Å². The zero-order valence-electron chi connectivity index (χ0n) is 19.4. The van der Waals surface area contributed by atoms with Crippen molar-refractivity contribution in [3.63, 3.8) is 0 Å². The Morgan fingerprint density at radius 2 is 1.74 bits per heavy atom. The van der Waals surface area contributed by atoms with Crippen LogP contribution in [0.4, 0.5) is 0 Å². The summed E-state index contributed by atoms with van der Waals surface area (Å²) in [6, 6.07) is 12.7. The molecule has 3 amide bonds.